The molecule has 2 aromatic carbocycles. The van der Waals surface area contributed by atoms with E-state index in [0.717, 1.165) is 0 Å². The zero-order valence-corrected chi connectivity index (χ0v) is 15.6. The Hall–Kier alpha value is -3.79. The second kappa shape index (κ2) is 8.07. The van der Waals surface area contributed by atoms with Crippen LogP contribution in [0.4, 0.5) is 11.4 Å². The number of nitro groups is 2. The smallest absolute Gasteiger partial charge is 0.337 e. The van der Waals surface area contributed by atoms with Crippen LogP contribution >= 0.6 is 0 Å². The second-order valence-electron chi connectivity index (χ2n) is 6.41. The van der Waals surface area contributed by atoms with Gasteiger partial charge in [-0.2, -0.15) is 0 Å². The molecule has 10 heteroatoms. The fourth-order valence-electron chi connectivity index (χ4n) is 3.26. The highest BCUT2D eigenvalue weighted by atomic mass is 16.6. The third-order valence-corrected chi connectivity index (χ3v) is 4.62. The van der Waals surface area contributed by atoms with Crippen molar-refractivity contribution in [1.82, 2.24) is 10.6 Å². The maximum absolute atomic E-state index is 12.4. The molecule has 1 aliphatic heterocycles. The highest BCUT2D eigenvalue weighted by molar-refractivity contribution is 5.91. The van der Waals surface area contributed by atoms with Crippen LogP contribution in [0.2, 0.25) is 0 Å². The first-order valence-corrected chi connectivity index (χ1v) is 8.62. The lowest BCUT2D eigenvalue weighted by molar-refractivity contribution is -0.385. The standard InChI is InChI=1S/C19H18N4O6/c1-11-16(19(24)29-2)17(12-5-3-7-14(9-12)22(25)26)21-18(20-11)13-6-4-8-15(10-13)23(27)28/h3-10,17-18,20-21H,1-2H3. The van der Waals surface area contributed by atoms with Crippen LogP contribution in [0.5, 0.6) is 0 Å². The quantitative estimate of drug-likeness (QED) is 0.446. The van der Waals surface area contributed by atoms with Gasteiger partial charge in [-0.25, -0.2) is 4.79 Å². The maximum Gasteiger partial charge on any atom is 0.337 e. The van der Waals surface area contributed by atoms with E-state index in [0.29, 0.717) is 16.8 Å². The molecule has 0 fully saturated rings. The van der Waals surface area contributed by atoms with Gasteiger partial charge < -0.3 is 10.1 Å². The van der Waals surface area contributed by atoms with E-state index in [9.17, 15) is 25.0 Å². The number of ether oxygens (including phenoxy) is 1. The molecule has 0 radical (unpaired) electrons. The van der Waals surface area contributed by atoms with Gasteiger partial charge in [-0.3, -0.25) is 25.5 Å². The van der Waals surface area contributed by atoms with Crippen molar-refractivity contribution in [3.8, 4) is 0 Å². The number of esters is 1. The number of hydrogen-bond acceptors (Lipinski definition) is 8. The number of methoxy groups -OCH3 is 1. The van der Waals surface area contributed by atoms with Crippen LogP contribution in [0, 0.1) is 20.2 Å². The summed E-state index contributed by atoms with van der Waals surface area (Å²) in [5.41, 5.74) is 1.67. The first-order chi connectivity index (χ1) is 13.8. The first kappa shape index (κ1) is 20.0. The number of rotatable bonds is 5. The number of hydrogen-bond donors (Lipinski definition) is 2. The molecule has 2 unspecified atom stereocenters. The van der Waals surface area contributed by atoms with Gasteiger partial charge in [-0.15, -0.1) is 0 Å². The minimum atomic E-state index is -0.715. The minimum absolute atomic E-state index is 0.0709. The maximum atomic E-state index is 12.4. The van der Waals surface area contributed by atoms with Crippen molar-refractivity contribution >= 4 is 17.3 Å². The predicted octanol–water partition coefficient (Wildman–Crippen LogP) is 2.88. The van der Waals surface area contributed by atoms with Crippen molar-refractivity contribution in [2.45, 2.75) is 19.1 Å². The molecule has 1 heterocycles. The van der Waals surface area contributed by atoms with Gasteiger partial charge in [0.25, 0.3) is 11.4 Å². The fraction of sp³-hybridized carbons (Fsp3) is 0.211. The molecule has 10 nitrogen and oxygen atoms in total. The van der Waals surface area contributed by atoms with E-state index < -0.39 is 28.0 Å². The lowest BCUT2D eigenvalue weighted by Gasteiger charge is -2.35. The average molecular weight is 398 g/mol. The molecule has 2 aromatic rings. The Balaban J connectivity index is 2.07. The Morgan fingerprint density at radius 2 is 1.55 bits per heavy atom. The van der Waals surface area contributed by atoms with Crippen LogP contribution in [0.15, 0.2) is 59.8 Å². The van der Waals surface area contributed by atoms with Crippen LogP contribution in [-0.2, 0) is 9.53 Å². The number of benzene rings is 2. The van der Waals surface area contributed by atoms with Crippen molar-refractivity contribution in [1.29, 1.82) is 0 Å². The summed E-state index contributed by atoms with van der Waals surface area (Å²) >= 11 is 0. The summed E-state index contributed by atoms with van der Waals surface area (Å²) in [5.74, 6) is -0.587. The average Bonchev–Trinajstić information content (AvgIpc) is 2.72. The minimum Gasteiger partial charge on any atom is -0.466 e. The third-order valence-electron chi connectivity index (χ3n) is 4.62. The van der Waals surface area contributed by atoms with E-state index >= 15 is 0 Å². The molecule has 0 saturated heterocycles. The number of carbonyl (C=O) groups excluding carboxylic acids is 1. The molecule has 2 atom stereocenters. The molecular formula is C19H18N4O6. The van der Waals surface area contributed by atoms with E-state index in [1.165, 1.54) is 37.4 Å². The third kappa shape index (κ3) is 4.06. The van der Waals surface area contributed by atoms with Gasteiger partial charge in [0, 0.05) is 30.0 Å². The van der Waals surface area contributed by atoms with Gasteiger partial charge in [-0.1, -0.05) is 24.3 Å². The van der Waals surface area contributed by atoms with E-state index in [4.69, 9.17) is 4.74 Å². The number of carbonyl (C=O) groups is 1. The Morgan fingerprint density at radius 1 is 1.00 bits per heavy atom. The summed E-state index contributed by atoms with van der Waals surface area (Å²) in [6.45, 7) is 1.68. The monoisotopic (exact) mass is 398 g/mol. The molecule has 0 aromatic heterocycles. The molecule has 1 aliphatic rings. The van der Waals surface area contributed by atoms with Gasteiger partial charge in [0.15, 0.2) is 0 Å². The summed E-state index contributed by atoms with van der Waals surface area (Å²) in [4.78, 5) is 33.6. The zero-order valence-electron chi connectivity index (χ0n) is 15.6. The molecule has 3 rings (SSSR count). The van der Waals surface area contributed by atoms with Gasteiger partial charge in [0.1, 0.15) is 6.17 Å². The van der Waals surface area contributed by atoms with Crippen LogP contribution in [0.25, 0.3) is 0 Å². The largest absolute Gasteiger partial charge is 0.466 e. The molecule has 2 N–H and O–H groups in total. The highest BCUT2D eigenvalue weighted by Crippen LogP contribution is 2.34. The van der Waals surface area contributed by atoms with Gasteiger partial charge >= 0.3 is 5.97 Å². The number of nitro benzene ring substituents is 2. The number of non-ortho nitro benzene ring substituents is 2. The Kier molecular flexibility index (Phi) is 5.55. The number of nitrogens with zero attached hydrogens (tertiary/aromatic N) is 2. The first-order valence-electron chi connectivity index (χ1n) is 8.62. The van der Waals surface area contributed by atoms with Gasteiger partial charge in [0.2, 0.25) is 0 Å². The lowest BCUT2D eigenvalue weighted by Crippen LogP contribution is -2.44. The summed E-state index contributed by atoms with van der Waals surface area (Å²) in [6.07, 6.45) is -0.562. The Bertz CT molecular complexity index is 1020. The number of nitrogens with one attached hydrogen (secondary N) is 2. The number of allylic oxidation sites excluding steroid dienone is 1. The molecular weight excluding hydrogens is 380 g/mol. The lowest BCUT2D eigenvalue weighted by atomic mass is 9.93. The molecule has 150 valence electrons. The van der Waals surface area contributed by atoms with Crippen LogP contribution in [0.3, 0.4) is 0 Å². The van der Waals surface area contributed by atoms with E-state index in [1.54, 1.807) is 25.1 Å². The predicted molar refractivity (Wildman–Crippen MR) is 103 cm³/mol. The SMILES string of the molecule is COC(=O)C1=C(C)NC(c2cccc([N+](=O)[O-])c2)NC1c1cccc([N+](=O)[O-])c1. The van der Waals surface area contributed by atoms with Crippen molar-refractivity contribution in [3.05, 3.63) is 91.2 Å². The summed E-state index contributed by atoms with van der Waals surface area (Å²) in [5, 5.41) is 28.6. The summed E-state index contributed by atoms with van der Waals surface area (Å²) in [6, 6.07) is 11.3. The van der Waals surface area contributed by atoms with Crippen LogP contribution < -0.4 is 10.6 Å². The highest BCUT2D eigenvalue weighted by Gasteiger charge is 2.34. The summed E-state index contributed by atoms with van der Waals surface area (Å²) < 4.78 is 4.88. The molecule has 0 spiro atoms. The van der Waals surface area contributed by atoms with Crippen LogP contribution in [0.1, 0.15) is 30.3 Å². The van der Waals surface area contributed by atoms with E-state index in [2.05, 4.69) is 10.6 Å². The van der Waals surface area contributed by atoms with Crippen molar-refractivity contribution < 1.29 is 19.4 Å². The molecule has 0 saturated carbocycles. The molecule has 29 heavy (non-hydrogen) atoms. The molecule has 0 amide bonds. The summed E-state index contributed by atoms with van der Waals surface area (Å²) in [7, 11) is 1.25. The zero-order chi connectivity index (χ0) is 21.1. The fourth-order valence-corrected chi connectivity index (χ4v) is 3.26. The van der Waals surface area contributed by atoms with E-state index in [-0.39, 0.29) is 16.9 Å². The van der Waals surface area contributed by atoms with Crippen molar-refractivity contribution in [3.63, 3.8) is 0 Å². The van der Waals surface area contributed by atoms with Crippen LogP contribution in [-0.4, -0.2) is 22.9 Å². The van der Waals surface area contributed by atoms with Crippen molar-refractivity contribution in [2.75, 3.05) is 7.11 Å². The Labute approximate surface area is 165 Å². The Morgan fingerprint density at radius 3 is 2.10 bits per heavy atom. The molecule has 0 aliphatic carbocycles. The topological polar surface area (TPSA) is 137 Å². The van der Waals surface area contributed by atoms with E-state index in [1.807, 2.05) is 0 Å². The van der Waals surface area contributed by atoms with Gasteiger partial charge in [-0.05, 0) is 18.1 Å². The van der Waals surface area contributed by atoms with Crippen molar-refractivity contribution in [2.24, 2.45) is 0 Å². The van der Waals surface area contributed by atoms with Gasteiger partial charge in [0.05, 0.1) is 28.6 Å². The molecule has 0 bridgehead atoms. The second-order valence-corrected chi connectivity index (χ2v) is 6.41. The normalized spacial score (nSPS) is 18.7.